The van der Waals surface area contributed by atoms with Gasteiger partial charge in [-0.2, -0.15) is 0 Å². The Hall–Kier alpha value is -2.29. The number of aryl methyl sites for hydroxylation is 5. The van der Waals surface area contributed by atoms with Crippen molar-refractivity contribution >= 4 is 11.3 Å². The smallest absolute Gasteiger partial charge is 0.160 e. The number of hydrogen-bond acceptors (Lipinski definition) is 2. The number of rotatable bonds is 3. The van der Waals surface area contributed by atoms with E-state index in [1.165, 1.54) is 28.1 Å². The van der Waals surface area contributed by atoms with Gasteiger partial charge in [0.05, 0.1) is 11.4 Å². The number of hydrogen-bond donors (Lipinski definition) is 1. The summed E-state index contributed by atoms with van der Waals surface area (Å²) in [5.41, 5.74) is 9.63. The van der Waals surface area contributed by atoms with E-state index >= 15 is 0 Å². The van der Waals surface area contributed by atoms with Crippen LogP contribution in [0, 0.1) is 34.6 Å². The van der Waals surface area contributed by atoms with E-state index in [1.807, 2.05) is 0 Å². The Morgan fingerprint density at radius 3 is 2.32 bits per heavy atom. The second-order valence-electron chi connectivity index (χ2n) is 6.05. The van der Waals surface area contributed by atoms with Gasteiger partial charge in [-0.1, -0.05) is 18.2 Å². The zero-order valence-electron chi connectivity index (χ0n) is 14.0. The van der Waals surface area contributed by atoms with Crippen LogP contribution in [0.4, 0.5) is 5.69 Å². The molecule has 2 aromatic heterocycles. The van der Waals surface area contributed by atoms with E-state index in [4.69, 9.17) is 4.98 Å². The minimum absolute atomic E-state index is 0.822. The Labute approximate surface area is 132 Å². The zero-order chi connectivity index (χ0) is 15.9. The first kappa shape index (κ1) is 14.6. The van der Waals surface area contributed by atoms with Crippen LogP contribution in [0.25, 0.3) is 5.65 Å². The summed E-state index contributed by atoms with van der Waals surface area (Å²) in [5.74, 6) is 0. The number of fused-ring (bicyclic) bond motifs is 1. The first-order chi connectivity index (χ1) is 10.5. The molecule has 0 saturated carbocycles. The quantitative estimate of drug-likeness (QED) is 0.771. The lowest BCUT2D eigenvalue weighted by Gasteiger charge is -2.13. The third kappa shape index (κ3) is 2.37. The summed E-state index contributed by atoms with van der Waals surface area (Å²) in [6.45, 7) is 11.5. The van der Waals surface area contributed by atoms with Gasteiger partial charge >= 0.3 is 0 Å². The van der Waals surface area contributed by atoms with Gasteiger partial charge in [-0.25, -0.2) is 4.98 Å². The van der Waals surface area contributed by atoms with Crippen molar-refractivity contribution in [2.75, 3.05) is 5.32 Å². The highest BCUT2D eigenvalue weighted by Crippen LogP contribution is 2.23. The van der Waals surface area contributed by atoms with Gasteiger partial charge in [-0.15, -0.1) is 0 Å². The number of imidazole rings is 1. The molecule has 0 aliphatic heterocycles. The third-order valence-corrected chi connectivity index (χ3v) is 4.53. The summed E-state index contributed by atoms with van der Waals surface area (Å²) in [7, 11) is 0. The van der Waals surface area contributed by atoms with Gasteiger partial charge in [0, 0.05) is 17.9 Å². The van der Waals surface area contributed by atoms with Crippen molar-refractivity contribution < 1.29 is 0 Å². The molecule has 0 radical (unpaired) electrons. The highest BCUT2D eigenvalue weighted by Gasteiger charge is 2.11. The van der Waals surface area contributed by atoms with Crippen molar-refractivity contribution in [2.45, 2.75) is 41.2 Å². The molecule has 1 aromatic carbocycles. The van der Waals surface area contributed by atoms with E-state index in [9.17, 15) is 0 Å². The first-order valence-corrected chi connectivity index (χ1v) is 7.73. The van der Waals surface area contributed by atoms with Crippen LogP contribution >= 0.6 is 0 Å². The third-order valence-electron chi connectivity index (χ3n) is 4.53. The summed E-state index contributed by atoms with van der Waals surface area (Å²) in [6, 6.07) is 10.7. The van der Waals surface area contributed by atoms with Crippen molar-refractivity contribution in [1.82, 2.24) is 9.38 Å². The van der Waals surface area contributed by atoms with Crippen LogP contribution in [0.1, 0.15) is 33.8 Å². The second-order valence-corrected chi connectivity index (χ2v) is 6.05. The molecule has 0 saturated heterocycles. The average molecular weight is 293 g/mol. The van der Waals surface area contributed by atoms with Crippen LogP contribution in [-0.2, 0) is 6.54 Å². The van der Waals surface area contributed by atoms with Crippen molar-refractivity contribution in [3.63, 3.8) is 0 Å². The van der Waals surface area contributed by atoms with Crippen molar-refractivity contribution in [1.29, 1.82) is 0 Å². The Morgan fingerprint density at radius 1 is 0.955 bits per heavy atom. The van der Waals surface area contributed by atoms with Crippen LogP contribution in [-0.4, -0.2) is 9.38 Å². The molecule has 0 atom stereocenters. The molecule has 1 N–H and O–H groups in total. The normalized spacial score (nSPS) is 11.1. The topological polar surface area (TPSA) is 29.3 Å². The van der Waals surface area contributed by atoms with Crippen molar-refractivity contribution in [3.8, 4) is 0 Å². The zero-order valence-corrected chi connectivity index (χ0v) is 14.0. The molecule has 3 aromatic rings. The number of aromatic nitrogens is 2. The minimum atomic E-state index is 0.822. The Morgan fingerprint density at radius 2 is 1.64 bits per heavy atom. The van der Waals surface area contributed by atoms with E-state index in [2.05, 4.69) is 74.7 Å². The van der Waals surface area contributed by atoms with Crippen LogP contribution in [0.5, 0.6) is 0 Å². The first-order valence-electron chi connectivity index (χ1n) is 7.73. The number of benzene rings is 1. The standard InChI is InChI=1S/C19H23N3/c1-12-7-6-8-13(2)17(12)11-20-18-10-9-14(3)22-16(5)15(4)21-19(18)22/h6-10,20H,11H2,1-5H3. The van der Waals surface area contributed by atoms with Crippen LogP contribution in [0.2, 0.25) is 0 Å². The van der Waals surface area contributed by atoms with Gasteiger partial charge in [-0.05, 0) is 63.4 Å². The molecule has 2 heterocycles. The molecular weight excluding hydrogens is 270 g/mol. The molecule has 0 aliphatic rings. The molecule has 0 aliphatic carbocycles. The molecule has 0 fully saturated rings. The lowest BCUT2D eigenvalue weighted by molar-refractivity contribution is 1.02. The average Bonchev–Trinajstić information content (AvgIpc) is 2.77. The monoisotopic (exact) mass is 293 g/mol. The summed E-state index contributed by atoms with van der Waals surface area (Å²) < 4.78 is 2.22. The number of nitrogens with one attached hydrogen (secondary N) is 1. The van der Waals surface area contributed by atoms with E-state index in [1.54, 1.807) is 0 Å². The maximum absolute atomic E-state index is 4.73. The van der Waals surface area contributed by atoms with Gasteiger partial charge in [-0.3, -0.25) is 4.40 Å². The molecule has 0 bridgehead atoms. The second kappa shape index (κ2) is 5.48. The lowest BCUT2D eigenvalue weighted by atomic mass is 10.0. The number of anilines is 1. The predicted molar refractivity (Wildman–Crippen MR) is 92.6 cm³/mol. The van der Waals surface area contributed by atoms with Gasteiger partial charge < -0.3 is 5.32 Å². The molecule has 3 heteroatoms. The van der Waals surface area contributed by atoms with Crippen LogP contribution in [0.3, 0.4) is 0 Å². The van der Waals surface area contributed by atoms with Gasteiger partial charge in [0.25, 0.3) is 0 Å². The fraction of sp³-hybridized carbons (Fsp3) is 0.316. The maximum Gasteiger partial charge on any atom is 0.160 e. The van der Waals surface area contributed by atoms with E-state index < -0.39 is 0 Å². The Bertz CT molecular complexity index is 823. The summed E-state index contributed by atoms with van der Waals surface area (Å²) in [5, 5.41) is 3.57. The summed E-state index contributed by atoms with van der Waals surface area (Å²) in [6.07, 6.45) is 0. The van der Waals surface area contributed by atoms with Gasteiger partial charge in [0.1, 0.15) is 0 Å². The van der Waals surface area contributed by atoms with Gasteiger partial charge in [0.15, 0.2) is 5.65 Å². The molecular formula is C19H23N3. The Balaban J connectivity index is 1.98. The molecule has 0 amide bonds. The SMILES string of the molecule is Cc1cccc(C)c1CNc1ccc(C)n2c(C)c(C)nc12. The molecule has 22 heavy (non-hydrogen) atoms. The van der Waals surface area contributed by atoms with Crippen LogP contribution < -0.4 is 5.32 Å². The van der Waals surface area contributed by atoms with E-state index in [-0.39, 0.29) is 0 Å². The van der Waals surface area contributed by atoms with E-state index in [0.29, 0.717) is 0 Å². The van der Waals surface area contributed by atoms with E-state index in [0.717, 1.165) is 23.6 Å². The van der Waals surface area contributed by atoms with Crippen molar-refractivity contribution in [3.05, 3.63) is 64.1 Å². The number of nitrogens with zero attached hydrogens (tertiary/aromatic N) is 2. The minimum Gasteiger partial charge on any atom is -0.378 e. The molecule has 0 spiro atoms. The Kier molecular flexibility index (Phi) is 3.65. The molecule has 0 unspecified atom stereocenters. The van der Waals surface area contributed by atoms with Crippen molar-refractivity contribution in [2.24, 2.45) is 0 Å². The number of pyridine rings is 1. The molecule has 114 valence electrons. The highest BCUT2D eigenvalue weighted by atomic mass is 15.1. The largest absolute Gasteiger partial charge is 0.378 e. The van der Waals surface area contributed by atoms with Gasteiger partial charge in [0.2, 0.25) is 0 Å². The fourth-order valence-electron chi connectivity index (χ4n) is 3.03. The summed E-state index contributed by atoms with van der Waals surface area (Å²) in [4.78, 5) is 4.73. The predicted octanol–water partition coefficient (Wildman–Crippen LogP) is 4.49. The summed E-state index contributed by atoms with van der Waals surface area (Å²) >= 11 is 0. The maximum atomic E-state index is 4.73. The highest BCUT2D eigenvalue weighted by molar-refractivity contribution is 5.69. The molecule has 3 nitrogen and oxygen atoms in total. The lowest BCUT2D eigenvalue weighted by Crippen LogP contribution is -2.06. The molecule has 3 rings (SSSR count). The van der Waals surface area contributed by atoms with Crippen LogP contribution in [0.15, 0.2) is 30.3 Å². The fourth-order valence-corrected chi connectivity index (χ4v) is 3.03.